The van der Waals surface area contributed by atoms with E-state index in [1.807, 2.05) is 12.1 Å². The zero-order chi connectivity index (χ0) is 19.4. The normalized spacial score (nSPS) is 18.8. The molecule has 2 aromatic rings. The lowest BCUT2D eigenvalue weighted by molar-refractivity contribution is -0.130. The van der Waals surface area contributed by atoms with Crippen LogP contribution < -0.4 is 10.2 Å². The van der Waals surface area contributed by atoms with E-state index in [9.17, 15) is 4.79 Å². The molecule has 4 nitrogen and oxygen atoms in total. The summed E-state index contributed by atoms with van der Waals surface area (Å²) >= 11 is 3.50. The number of anilines is 1. The molecule has 0 radical (unpaired) electrons. The van der Waals surface area contributed by atoms with Gasteiger partial charge in [-0.2, -0.15) is 0 Å². The molecule has 0 spiro atoms. The minimum Gasteiger partial charge on any atom is -0.381 e. The third-order valence-corrected chi connectivity index (χ3v) is 6.58. The van der Waals surface area contributed by atoms with Crippen molar-refractivity contribution in [3.05, 3.63) is 64.1 Å². The van der Waals surface area contributed by atoms with Gasteiger partial charge in [-0.15, -0.1) is 0 Å². The zero-order valence-electron chi connectivity index (χ0n) is 16.1. The lowest BCUT2D eigenvalue weighted by Gasteiger charge is -2.36. The number of carbonyl (C=O) groups excluding carboxylic acids is 1. The summed E-state index contributed by atoms with van der Waals surface area (Å²) in [5, 5.41) is 3.25. The van der Waals surface area contributed by atoms with Crippen molar-refractivity contribution in [2.45, 2.75) is 37.6 Å². The molecule has 0 saturated carbocycles. The van der Waals surface area contributed by atoms with Crippen LogP contribution in [0.3, 0.4) is 0 Å². The second-order valence-electron chi connectivity index (χ2n) is 7.71. The van der Waals surface area contributed by atoms with Crippen LogP contribution in [0.4, 0.5) is 5.69 Å². The van der Waals surface area contributed by atoms with Gasteiger partial charge in [-0.25, -0.2) is 0 Å². The molecule has 0 aromatic heterocycles. The summed E-state index contributed by atoms with van der Waals surface area (Å²) in [5.41, 5.74) is 3.01. The number of ether oxygens (including phenoxy) is 1. The Morgan fingerprint density at radius 3 is 2.43 bits per heavy atom. The van der Waals surface area contributed by atoms with Gasteiger partial charge in [0.2, 0.25) is 5.91 Å². The zero-order valence-corrected chi connectivity index (χ0v) is 17.7. The summed E-state index contributed by atoms with van der Waals surface area (Å²) in [4.78, 5) is 15.9. The molecule has 148 valence electrons. The molecule has 0 aliphatic carbocycles. The van der Waals surface area contributed by atoms with Crippen molar-refractivity contribution in [3.8, 4) is 0 Å². The average Bonchev–Trinajstić information content (AvgIpc) is 3.28. The predicted octanol–water partition coefficient (Wildman–Crippen LogP) is 4.41. The maximum Gasteiger partial charge on any atom is 0.231 e. The van der Waals surface area contributed by atoms with E-state index >= 15 is 0 Å². The van der Waals surface area contributed by atoms with E-state index in [0.29, 0.717) is 32.6 Å². The second kappa shape index (κ2) is 8.66. The predicted molar refractivity (Wildman–Crippen MR) is 116 cm³/mol. The molecule has 2 aliphatic heterocycles. The summed E-state index contributed by atoms with van der Waals surface area (Å²) in [6.07, 6.45) is 3.92. The van der Waals surface area contributed by atoms with Gasteiger partial charge in [0.1, 0.15) is 0 Å². The summed E-state index contributed by atoms with van der Waals surface area (Å²) in [5.74, 6) is 0.106. The van der Waals surface area contributed by atoms with Gasteiger partial charge in [-0.05, 0) is 55.0 Å². The van der Waals surface area contributed by atoms with Crippen LogP contribution in [-0.4, -0.2) is 32.2 Å². The van der Waals surface area contributed by atoms with E-state index < -0.39 is 5.41 Å². The summed E-state index contributed by atoms with van der Waals surface area (Å²) in [6, 6.07) is 16.6. The average molecular weight is 443 g/mol. The molecule has 4 rings (SSSR count). The van der Waals surface area contributed by atoms with Crippen LogP contribution in [-0.2, 0) is 21.5 Å². The number of para-hydroxylation sites is 1. The van der Waals surface area contributed by atoms with E-state index in [0.717, 1.165) is 23.1 Å². The van der Waals surface area contributed by atoms with Crippen LogP contribution >= 0.6 is 15.9 Å². The SMILES string of the molecule is O=C(NCc1ccccc1N1CCCC1)C1(c2ccc(Br)cc2)CCOCC1. The highest BCUT2D eigenvalue weighted by atomic mass is 79.9. The second-order valence-corrected chi connectivity index (χ2v) is 8.62. The molecule has 2 heterocycles. The molecule has 5 heteroatoms. The first-order valence-corrected chi connectivity index (χ1v) is 10.9. The van der Waals surface area contributed by atoms with Gasteiger partial charge in [0.25, 0.3) is 0 Å². The fourth-order valence-electron chi connectivity index (χ4n) is 4.41. The van der Waals surface area contributed by atoms with Gasteiger partial charge in [-0.3, -0.25) is 4.79 Å². The van der Waals surface area contributed by atoms with Crippen LogP contribution in [0.1, 0.15) is 36.8 Å². The Kier molecular flexibility index (Phi) is 6.02. The van der Waals surface area contributed by atoms with E-state index in [1.165, 1.54) is 24.1 Å². The van der Waals surface area contributed by atoms with Crippen LogP contribution in [0.2, 0.25) is 0 Å². The highest BCUT2D eigenvalue weighted by molar-refractivity contribution is 9.10. The maximum atomic E-state index is 13.4. The molecule has 2 fully saturated rings. The number of amides is 1. The molecular weight excluding hydrogens is 416 g/mol. The number of benzene rings is 2. The Balaban J connectivity index is 1.54. The van der Waals surface area contributed by atoms with E-state index in [-0.39, 0.29) is 5.91 Å². The minimum atomic E-state index is -0.512. The molecule has 28 heavy (non-hydrogen) atoms. The highest BCUT2D eigenvalue weighted by Gasteiger charge is 2.41. The van der Waals surface area contributed by atoms with Crippen LogP contribution in [0.15, 0.2) is 53.0 Å². The van der Waals surface area contributed by atoms with Gasteiger partial charge < -0.3 is 15.0 Å². The van der Waals surface area contributed by atoms with Crippen LogP contribution in [0.25, 0.3) is 0 Å². The number of halogens is 1. The van der Waals surface area contributed by atoms with Crippen LogP contribution in [0, 0.1) is 0 Å². The minimum absolute atomic E-state index is 0.106. The standard InChI is InChI=1S/C23H27BrN2O2/c24-20-9-7-19(8-10-20)23(11-15-28-16-12-23)22(27)25-17-18-5-1-2-6-21(18)26-13-3-4-14-26/h1-2,5-10H,3-4,11-17H2,(H,25,27). The van der Waals surface area contributed by atoms with Gasteiger partial charge in [0, 0.05) is 43.0 Å². The van der Waals surface area contributed by atoms with Gasteiger partial charge in [0.15, 0.2) is 0 Å². The third-order valence-electron chi connectivity index (χ3n) is 6.06. The van der Waals surface area contributed by atoms with E-state index in [2.05, 4.69) is 62.5 Å². The van der Waals surface area contributed by atoms with Crippen molar-refractivity contribution in [3.63, 3.8) is 0 Å². The topological polar surface area (TPSA) is 41.6 Å². The molecule has 2 saturated heterocycles. The molecule has 1 N–H and O–H groups in total. The Bertz CT molecular complexity index is 810. The van der Waals surface area contributed by atoms with Crippen molar-refractivity contribution in [2.24, 2.45) is 0 Å². The molecule has 0 atom stereocenters. The summed E-state index contributed by atoms with van der Waals surface area (Å²) in [7, 11) is 0. The van der Waals surface area contributed by atoms with Crippen molar-refractivity contribution >= 4 is 27.5 Å². The number of carbonyl (C=O) groups is 1. The van der Waals surface area contributed by atoms with Crippen LogP contribution in [0.5, 0.6) is 0 Å². The maximum absolute atomic E-state index is 13.4. The van der Waals surface area contributed by atoms with Gasteiger partial charge >= 0.3 is 0 Å². The Morgan fingerprint density at radius 1 is 1.04 bits per heavy atom. The number of nitrogens with zero attached hydrogens (tertiary/aromatic N) is 1. The van der Waals surface area contributed by atoms with Crippen molar-refractivity contribution in [1.29, 1.82) is 0 Å². The smallest absolute Gasteiger partial charge is 0.231 e. The highest BCUT2D eigenvalue weighted by Crippen LogP contribution is 2.36. The number of hydrogen-bond acceptors (Lipinski definition) is 3. The molecule has 2 aliphatic rings. The molecule has 2 aromatic carbocycles. The van der Waals surface area contributed by atoms with Crippen molar-refractivity contribution in [2.75, 3.05) is 31.2 Å². The van der Waals surface area contributed by atoms with Gasteiger partial charge in [0.05, 0.1) is 5.41 Å². The monoisotopic (exact) mass is 442 g/mol. The first-order valence-electron chi connectivity index (χ1n) is 10.1. The quantitative estimate of drug-likeness (QED) is 0.744. The van der Waals surface area contributed by atoms with Crippen molar-refractivity contribution < 1.29 is 9.53 Å². The fourth-order valence-corrected chi connectivity index (χ4v) is 4.67. The van der Waals surface area contributed by atoms with Crippen molar-refractivity contribution in [1.82, 2.24) is 5.32 Å². The Morgan fingerprint density at radius 2 is 1.71 bits per heavy atom. The first-order chi connectivity index (χ1) is 13.7. The molecule has 0 unspecified atom stereocenters. The Labute approximate surface area is 175 Å². The molecular formula is C23H27BrN2O2. The number of rotatable bonds is 5. The Hall–Kier alpha value is -1.85. The van der Waals surface area contributed by atoms with Gasteiger partial charge in [-0.1, -0.05) is 46.3 Å². The summed E-state index contributed by atoms with van der Waals surface area (Å²) < 4.78 is 6.60. The largest absolute Gasteiger partial charge is 0.381 e. The van der Waals surface area contributed by atoms with E-state index in [1.54, 1.807) is 0 Å². The lowest BCUT2D eigenvalue weighted by atomic mass is 9.73. The lowest BCUT2D eigenvalue weighted by Crippen LogP contribution is -2.47. The first kappa shape index (κ1) is 19.5. The molecule has 1 amide bonds. The number of hydrogen-bond donors (Lipinski definition) is 1. The molecule has 0 bridgehead atoms. The van der Waals surface area contributed by atoms with E-state index in [4.69, 9.17) is 4.74 Å². The number of nitrogens with one attached hydrogen (secondary N) is 1. The summed E-state index contributed by atoms with van der Waals surface area (Å²) in [6.45, 7) is 4.00. The third kappa shape index (κ3) is 3.96. The fraction of sp³-hybridized carbons (Fsp3) is 0.435.